The second-order valence-electron chi connectivity index (χ2n) is 10.0. The normalized spacial score (nSPS) is 19.1. The van der Waals surface area contributed by atoms with E-state index in [0.717, 1.165) is 32.2 Å². The summed E-state index contributed by atoms with van der Waals surface area (Å²) in [5.74, 6) is 0.649. The van der Waals surface area contributed by atoms with Crippen molar-refractivity contribution >= 4 is 23.7 Å². The van der Waals surface area contributed by atoms with Gasteiger partial charge < -0.3 is 15.4 Å². The summed E-state index contributed by atoms with van der Waals surface area (Å²) in [6, 6.07) is 9.72. The van der Waals surface area contributed by atoms with Crippen molar-refractivity contribution in [2.24, 2.45) is 5.92 Å². The third kappa shape index (κ3) is 9.54. The molecule has 1 saturated heterocycles. The molecule has 4 rings (SSSR count). The lowest BCUT2D eigenvalue weighted by atomic mass is 9.89. The van der Waals surface area contributed by atoms with E-state index in [0.29, 0.717) is 30.5 Å². The minimum atomic E-state index is -0.431. The molecule has 0 spiro atoms. The van der Waals surface area contributed by atoms with Crippen LogP contribution in [0.4, 0.5) is 5.82 Å². The molecule has 0 radical (unpaired) electrons. The number of amides is 2. The highest BCUT2D eigenvalue weighted by atomic mass is 16.8. The average Bonchev–Trinajstić information content (AvgIpc) is 2.98. The summed E-state index contributed by atoms with van der Waals surface area (Å²) in [4.78, 5) is 39.2. The van der Waals surface area contributed by atoms with E-state index in [1.165, 1.54) is 43.7 Å². The molecule has 1 aliphatic heterocycles. The summed E-state index contributed by atoms with van der Waals surface area (Å²) < 4.78 is 5.42. The molecular formula is C29H39N5O4. The molecule has 3 N–H and O–H groups in total. The number of ether oxygens (including phenoxy) is 1. The third-order valence-corrected chi connectivity index (χ3v) is 7.00. The smallest absolute Gasteiger partial charge is 0.267 e. The van der Waals surface area contributed by atoms with Crippen LogP contribution in [0.2, 0.25) is 0 Å². The molecular weight excluding hydrogens is 482 g/mol. The first-order valence-corrected chi connectivity index (χ1v) is 13.8. The van der Waals surface area contributed by atoms with E-state index in [1.807, 2.05) is 18.2 Å². The molecule has 1 aromatic heterocycles. The second-order valence-corrected chi connectivity index (χ2v) is 10.0. The van der Waals surface area contributed by atoms with E-state index in [-0.39, 0.29) is 5.91 Å². The summed E-state index contributed by atoms with van der Waals surface area (Å²) in [5.41, 5.74) is 4.08. The zero-order chi connectivity index (χ0) is 26.4. The summed E-state index contributed by atoms with van der Waals surface area (Å²) in [5, 5.41) is 6.43. The van der Waals surface area contributed by atoms with Gasteiger partial charge in [-0.05, 0) is 56.1 Å². The Morgan fingerprint density at radius 1 is 1.03 bits per heavy atom. The minimum Gasteiger partial charge on any atom is -0.357 e. The van der Waals surface area contributed by atoms with Crippen molar-refractivity contribution in [3.63, 3.8) is 0 Å². The SMILES string of the molecule is O=C(/C=C/c1cnc(N[C@H](CCc2ccccc2)C(=O)NCC2CCCCC2)cn1)NOC1CCCCO1. The molecule has 1 aromatic carbocycles. The van der Waals surface area contributed by atoms with Crippen LogP contribution >= 0.6 is 0 Å². The summed E-state index contributed by atoms with van der Waals surface area (Å²) in [6.07, 6.45) is 16.0. The molecule has 1 saturated carbocycles. The Hall–Kier alpha value is -3.30. The fourth-order valence-corrected chi connectivity index (χ4v) is 4.78. The Kier molecular flexibility index (Phi) is 11.1. The van der Waals surface area contributed by atoms with E-state index in [4.69, 9.17) is 9.57 Å². The molecule has 2 fully saturated rings. The number of hydroxylamine groups is 1. The van der Waals surface area contributed by atoms with Gasteiger partial charge in [0.15, 0.2) is 6.29 Å². The Balaban J connectivity index is 1.29. The van der Waals surface area contributed by atoms with Crippen molar-refractivity contribution in [1.82, 2.24) is 20.8 Å². The molecule has 9 heteroatoms. The number of aryl methyl sites for hydroxylation is 1. The number of nitrogens with one attached hydrogen (secondary N) is 3. The fourth-order valence-electron chi connectivity index (χ4n) is 4.78. The van der Waals surface area contributed by atoms with Crippen LogP contribution in [0.25, 0.3) is 6.08 Å². The van der Waals surface area contributed by atoms with Gasteiger partial charge in [-0.3, -0.25) is 14.6 Å². The number of hydrogen-bond acceptors (Lipinski definition) is 7. The van der Waals surface area contributed by atoms with Crippen molar-refractivity contribution in [1.29, 1.82) is 0 Å². The van der Waals surface area contributed by atoms with E-state index in [1.54, 1.807) is 18.5 Å². The molecule has 0 bridgehead atoms. The molecule has 2 aliphatic rings. The molecule has 9 nitrogen and oxygen atoms in total. The van der Waals surface area contributed by atoms with E-state index in [9.17, 15) is 9.59 Å². The molecule has 1 unspecified atom stereocenters. The molecule has 38 heavy (non-hydrogen) atoms. The molecule has 2 amide bonds. The quantitative estimate of drug-likeness (QED) is 0.284. The van der Waals surface area contributed by atoms with Crippen molar-refractivity contribution in [2.45, 2.75) is 76.5 Å². The molecule has 2 heterocycles. The van der Waals surface area contributed by atoms with E-state index >= 15 is 0 Å². The first kappa shape index (κ1) is 27.7. The lowest BCUT2D eigenvalue weighted by molar-refractivity contribution is -0.198. The number of carbonyl (C=O) groups excluding carboxylic acids is 2. The molecule has 204 valence electrons. The van der Waals surface area contributed by atoms with Gasteiger partial charge in [-0.25, -0.2) is 15.3 Å². The highest BCUT2D eigenvalue weighted by Gasteiger charge is 2.21. The topological polar surface area (TPSA) is 114 Å². The Morgan fingerprint density at radius 3 is 2.58 bits per heavy atom. The van der Waals surface area contributed by atoms with Gasteiger partial charge in [0, 0.05) is 25.6 Å². The highest BCUT2D eigenvalue weighted by molar-refractivity contribution is 5.90. The zero-order valence-corrected chi connectivity index (χ0v) is 21.9. The maximum Gasteiger partial charge on any atom is 0.267 e. The zero-order valence-electron chi connectivity index (χ0n) is 21.9. The number of rotatable bonds is 12. The number of benzene rings is 1. The fraction of sp³-hybridized carbons (Fsp3) is 0.517. The Morgan fingerprint density at radius 2 is 1.84 bits per heavy atom. The van der Waals surface area contributed by atoms with Crippen molar-refractivity contribution in [3.05, 3.63) is 60.1 Å². The first-order valence-electron chi connectivity index (χ1n) is 13.8. The maximum atomic E-state index is 13.1. The number of nitrogens with zero attached hydrogens (tertiary/aromatic N) is 2. The third-order valence-electron chi connectivity index (χ3n) is 7.00. The maximum absolute atomic E-state index is 13.1. The standard InChI is InChI=1S/C29H39N5O4/c35-27(34-38-28-13-7-8-18-37-28)17-15-24-20-31-26(21-30-24)33-25(16-14-22-9-3-1-4-10-22)29(36)32-19-23-11-5-2-6-12-23/h1,3-4,9-10,15,17,20-21,23,25,28H,2,5-8,11-14,16,18-19H2,(H,31,33)(H,32,36)(H,34,35)/b17-15+/t25-,28?/m1/s1. The number of hydrogen-bond donors (Lipinski definition) is 3. The van der Waals surface area contributed by atoms with Crippen LogP contribution in [-0.4, -0.2) is 47.3 Å². The largest absolute Gasteiger partial charge is 0.357 e. The summed E-state index contributed by atoms with van der Waals surface area (Å²) >= 11 is 0. The van der Waals surface area contributed by atoms with Crippen LogP contribution in [0.15, 0.2) is 48.8 Å². The number of aromatic nitrogens is 2. The number of carbonyl (C=O) groups is 2. The number of anilines is 1. The first-order chi connectivity index (χ1) is 18.7. The van der Waals surface area contributed by atoms with Crippen LogP contribution < -0.4 is 16.1 Å². The van der Waals surface area contributed by atoms with Gasteiger partial charge in [-0.15, -0.1) is 0 Å². The lowest BCUT2D eigenvalue weighted by Crippen LogP contribution is -2.42. The molecule has 2 aromatic rings. The minimum absolute atomic E-state index is 0.0177. The van der Waals surface area contributed by atoms with Gasteiger partial charge in [-0.1, -0.05) is 49.6 Å². The second kappa shape index (κ2) is 15.2. The van der Waals surface area contributed by atoms with Gasteiger partial charge in [-0.2, -0.15) is 0 Å². The van der Waals surface area contributed by atoms with Gasteiger partial charge >= 0.3 is 0 Å². The summed E-state index contributed by atoms with van der Waals surface area (Å²) in [7, 11) is 0. The van der Waals surface area contributed by atoms with Crippen LogP contribution in [0.1, 0.15) is 69.0 Å². The van der Waals surface area contributed by atoms with Crippen molar-refractivity contribution in [2.75, 3.05) is 18.5 Å². The van der Waals surface area contributed by atoms with Crippen molar-refractivity contribution in [3.8, 4) is 0 Å². The summed E-state index contributed by atoms with van der Waals surface area (Å²) in [6.45, 7) is 1.36. The predicted molar refractivity (Wildman–Crippen MR) is 146 cm³/mol. The van der Waals surface area contributed by atoms with Crippen molar-refractivity contribution < 1.29 is 19.2 Å². The van der Waals surface area contributed by atoms with Gasteiger partial charge in [0.25, 0.3) is 5.91 Å². The van der Waals surface area contributed by atoms with E-state index < -0.39 is 18.2 Å². The predicted octanol–water partition coefficient (Wildman–Crippen LogP) is 4.17. The van der Waals surface area contributed by atoms with E-state index in [2.05, 4.69) is 38.2 Å². The van der Waals surface area contributed by atoms with Crippen LogP contribution in [-0.2, 0) is 25.6 Å². The Bertz CT molecular complexity index is 1020. The molecule has 2 atom stereocenters. The lowest BCUT2D eigenvalue weighted by Gasteiger charge is -2.24. The highest BCUT2D eigenvalue weighted by Crippen LogP contribution is 2.23. The Labute approximate surface area is 224 Å². The van der Waals surface area contributed by atoms with Crippen LogP contribution in [0, 0.1) is 5.92 Å². The van der Waals surface area contributed by atoms with Gasteiger partial charge in [0.2, 0.25) is 5.91 Å². The van der Waals surface area contributed by atoms with Crippen LogP contribution in [0.5, 0.6) is 0 Å². The molecule has 1 aliphatic carbocycles. The van der Waals surface area contributed by atoms with Gasteiger partial charge in [0.05, 0.1) is 18.1 Å². The van der Waals surface area contributed by atoms with Crippen LogP contribution in [0.3, 0.4) is 0 Å². The monoisotopic (exact) mass is 521 g/mol. The van der Waals surface area contributed by atoms with Gasteiger partial charge in [0.1, 0.15) is 11.9 Å². The average molecular weight is 522 g/mol.